The van der Waals surface area contributed by atoms with Gasteiger partial charge in [0.05, 0.1) is 18.5 Å². The number of nitrogens with two attached hydrogens (primary N) is 1. The number of aromatic nitrogens is 4. The third-order valence-electron chi connectivity index (χ3n) is 3.64. The summed E-state index contributed by atoms with van der Waals surface area (Å²) in [6.45, 7) is -0.689. The van der Waals surface area contributed by atoms with E-state index < -0.39 is 36.1 Å². The quantitative estimate of drug-likeness (QED) is 0.371. The number of hydrogen-bond acceptors (Lipinski definition) is 8. The molecule has 0 aliphatic carbocycles. The Kier molecular flexibility index (Phi) is 3.15. The minimum absolute atomic E-state index is 0.0586. The Labute approximate surface area is 123 Å². The van der Waals surface area contributed by atoms with Gasteiger partial charge in [-0.15, -0.1) is 11.5 Å². The molecule has 0 radical (unpaired) electrons. The zero-order valence-electron chi connectivity index (χ0n) is 11.2. The number of imidazole rings is 1. The summed E-state index contributed by atoms with van der Waals surface area (Å²) in [4.78, 5) is 17.9. The number of nitrogen functional groups attached to an aromatic ring is 1. The Morgan fingerprint density at radius 2 is 2.32 bits per heavy atom. The Balaban J connectivity index is 2.13. The van der Waals surface area contributed by atoms with E-state index in [1.807, 2.05) is 0 Å². The van der Waals surface area contributed by atoms with E-state index in [0.29, 0.717) is 0 Å². The zero-order valence-corrected chi connectivity index (χ0v) is 11.2. The van der Waals surface area contributed by atoms with Crippen LogP contribution in [0.5, 0.6) is 0 Å². The van der Waals surface area contributed by atoms with Crippen LogP contribution in [0.2, 0.25) is 0 Å². The van der Waals surface area contributed by atoms with Gasteiger partial charge >= 0.3 is 0 Å². The molecule has 0 amide bonds. The van der Waals surface area contributed by atoms with Gasteiger partial charge in [0.1, 0.15) is 18.3 Å². The zero-order chi connectivity index (χ0) is 16.1. The summed E-state index contributed by atoms with van der Waals surface area (Å²) >= 11 is 0. The lowest BCUT2D eigenvalue weighted by Crippen LogP contribution is -2.44. The highest BCUT2D eigenvalue weighted by Gasteiger charge is 2.54. The smallest absolute Gasteiger partial charge is 0.295 e. The highest BCUT2D eigenvalue weighted by atomic mass is 16.6. The monoisotopic (exact) mass is 307 g/mol. The molecule has 2 aromatic rings. The number of nitrogens with one attached hydrogen (secondary N) is 1. The molecule has 116 valence electrons. The van der Waals surface area contributed by atoms with Crippen molar-refractivity contribution in [1.29, 1.82) is 0 Å². The summed E-state index contributed by atoms with van der Waals surface area (Å²) in [5.74, 6) is 1.99. The molecule has 0 spiro atoms. The van der Waals surface area contributed by atoms with Crippen molar-refractivity contribution in [2.75, 3.05) is 12.3 Å². The van der Waals surface area contributed by atoms with Crippen LogP contribution in [-0.4, -0.2) is 59.3 Å². The van der Waals surface area contributed by atoms with E-state index in [2.05, 4.69) is 21.0 Å². The first-order valence-corrected chi connectivity index (χ1v) is 6.29. The molecule has 1 fully saturated rings. The predicted molar refractivity (Wildman–Crippen MR) is 72.5 cm³/mol. The van der Waals surface area contributed by atoms with Crippen molar-refractivity contribution in [3.05, 3.63) is 22.2 Å². The molecule has 3 rings (SSSR count). The normalized spacial score (nSPS) is 31.5. The number of aliphatic hydroxyl groups excluding tert-OH is 3. The fourth-order valence-corrected chi connectivity index (χ4v) is 2.46. The lowest BCUT2D eigenvalue weighted by Gasteiger charge is -2.23. The van der Waals surface area contributed by atoms with Gasteiger partial charge in [0.2, 0.25) is 11.6 Å². The number of anilines is 1. The number of ether oxygens (including phenoxy) is 1. The van der Waals surface area contributed by atoms with Crippen LogP contribution in [-0.2, 0) is 4.74 Å². The second kappa shape index (κ2) is 4.79. The van der Waals surface area contributed by atoms with Crippen LogP contribution in [0.15, 0.2) is 11.0 Å². The van der Waals surface area contributed by atoms with Crippen LogP contribution in [0.1, 0.15) is 11.8 Å². The molecule has 0 aromatic carbocycles. The minimum atomic E-state index is -1.75. The summed E-state index contributed by atoms with van der Waals surface area (Å²) in [5.41, 5.74) is 3.27. The van der Waals surface area contributed by atoms with E-state index in [1.54, 1.807) is 0 Å². The van der Waals surface area contributed by atoms with Crippen molar-refractivity contribution in [2.24, 2.45) is 0 Å². The Hall–Kier alpha value is -2.45. The predicted octanol–water partition coefficient (Wildman–Crippen LogP) is -2.84. The van der Waals surface area contributed by atoms with Gasteiger partial charge in [-0.05, 0) is 0 Å². The maximum absolute atomic E-state index is 11.7. The number of rotatable bonds is 2. The van der Waals surface area contributed by atoms with Crippen LogP contribution in [0.4, 0.5) is 5.95 Å². The van der Waals surface area contributed by atoms with Crippen molar-refractivity contribution < 1.29 is 20.1 Å². The molecule has 10 nitrogen and oxygen atoms in total. The SMILES string of the molecule is C#C[C@]1(CO)O[C@@H](c2cnc3c(=O)[nH]c(N)nn23)[C@@H](O)C1O. The van der Waals surface area contributed by atoms with Gasteiger partial charge in [0.25, 0.3) is 5.56 Å². The Bertz CT molecular complexity index is 823. The van der Waals surface area contributed by atoms with Crippen molar-refractivity contribution in [1.82, 2.24) is 19.6 Å². The molecule has 0 bridgehead atoms. The van der Waals surface area contributed by atoms with Gasteiger partial charge in [0, 0.05) is 0 Å². The fraction of sp³-hybridized carbons (Fsp3) is 0.417. The van der Waals surface area contributed by atoms with Crippen LogP contribution in [0.3, 0.4) is 0 Å². The van der Waals surface area contributed by atoms with E-state index in [0.717, 1.165) is 4.52 Å². The second-order valence-corrected chi connectivity index (χ2v) is 4.92. The molecule has 1 aliphatic heterocycles. The molecule has 3 heterocycles. The van der Waals surface area contributed by atoms with E-state index in [1.165, 1.54) is 6.20 Å². The highest BCUT2D eigenvalue weighted by molar-refractivity contribution is 5.39. The molecule has 10 heteroatoms. The van der Waals surface area contributed by atoms with E-state index in [-0.39, 0.29) is 17.3 Å². The number of terminal acetylenes is 1. The van der Waals surface area contributed by atoms with Crippen molar-refractivity contribution in [3.63, 3.8) is 0 Å². The van der Waals surface area contributed by atoms with Crippen molar-refractivity contribution in [2.45, 2.75) is 23.9 Å². The standard InChI is InChI=1S/C12H13N5O5/c1-2-12(4-18)8(20)6(19)7(22-12)5-3-14-9-10(21)15-11(13)16-17(5)9/h1,3,6-8,18-20H,4H2,(H3,13,15,16,21)/t6-,7+,8?,12-/m1/s1. The Morgan fingerprint density at radius 1 is 1.59 bits per heavy atom. The molecule has 1 aliphatic rings. The average molecular weight is 307 g/mol. The van der Waals surface area contributed by atoms with Gasteiger partial charge in [-0.3, -0.25) is 9.78 Å². The van der Waals surface area contributed by atoms with E-state index in [4.69, 9.17) is 16.9 Å². The van der Waals surface area contributed by atoms with Crippen LogP contribution in [0.25, 0.3) is 5.65 Å². The van der Waals surface area contributed by atoms with E-state index in [9.17, 15) is 20.1 Å². The first-order valence-electron chi connectivity index (χ1n) is 6.29. The molecule has 1 saturated heterocycles. The summed E-state index contributed by atoms with van der Waals surface area (Å²) in [7, 11) is 0. The first kappa shape index (κ1) is 14.5. The fourth-order valence-electron chi connectivity index (χ4n) is 2.46. The van der Waals surface area contributed by atoms with Crippen molar-refractivity contribution in [3.8, 4) is 12.3 Å². The third-order valence-corrected chi connectivity index (χ3v) is 3.64. The minimum Gasteiger partial charge on any atom is -0.392 e. The van der Waals surface area contributed by atoms with Gasteiger partial charge < -0.3 is 25.8 Å². The highest BCUT2D eigenvalue weighted by Crippen LogP contribution is 2.39. The Morgan fingerprint density at radius 3 is 2.91 bits per heavy atom. The van der Waals surface area contributed by atoms with Crippen LogP contribution >= 0.6 is 0 Å². The lowest BCUT2D eigenvalue weighted by atomic mass is 9.96. The molecule has 0 saturated carbocycles. The summed E-state index contributed by atoms with van der Waals surface area (Å²) in [5, 5.41) is 33.5. The van der Waals surface area contributed by atoms with E-state index >= 15 is 0 Å². The summed E-state index contributed by atoms with van der Waals surface area (Å²) in [6, 6.07) is 0. The number of fused-ring (bicyclic) bond motifs is 1. The van der Waals surface area contributed by atoms with Crippen molar-refractivity contribution >= 4 is 11.6 Å². The second-order valence-electron chi connectivity index (χ2n) is 4.92. The molecular formula is C12H13N5O5. The molecular weight excluding hydrogens is 294 g/mol. The van der Waals surface area contributed by atoms with Gasteiger partial charge in [-0.1, -0.05) is 5.92 Å². The largest absolute Gasteiger partial charge is 0.392 e. The topological polar surface area (TPSA) is 159 Å². The molecule has 1 unspecified atom stereocenters. The average Bonchev–Trinajstić information content (AvgIpc) is 3.01. The third kappa shape index (κ3) is 1.81. The van der Waals surface area contributed by atoms with Gasteiger partial charge in [-0.25, -0.2) is 9.50 Å². The first-order chi connectivity index (χ1) is 10.4. The summed E-state index contributed by atoms with van der Waals surface area (Å²) in [6.07, 6.45) is 2.45. The number of nitrogens with zero attached hydrogens (tertiary/aromatic N) is 3. The van der Waals surface area contributed by atoms with Gasteiger partial charge in [0.15, 0.2) is 5.60 Å². The molecule has 4 atom stereocenters. The molecule has 22 heavy (non-hydrogen) atoms. The number of aromatic amines is 1. The maximum atomic E-state index is 11.7. The van der Waals surface area contributed by atoms with Gasteiger partial charge in [-0.2, -0.15) is 0 Å². The summed E-state index contributed by atoms with van der Waals surface area (Å²) < 4.78 is 6.56. The van der Waals surface area contributed by atoms with Crippen LogP contribution < -0.4 is 11.3 Å². The van der Waals surface area contributed by atoms with Crippen LogP contribution in [0, 0.1) is 12.3 Å². The lowest BCUT2D eigenvalue weighted by molar-refractivity contribution is -0.0732. The number of hydrogen-bond donors (Lipinski definition) is 5. The number of aliphatic hydroxyl groups is 3. The molecule has 6 N–H and O–H groups in total. The maximum Gasteiger partial charge on any atom is 0.295 e. The number of H-pyrrole nitrogens is 1. The molecule has 2 aromatic heterocycles.